The number of imide groups is 1. The molecule has 4 heterocycles. The molecule has 4 aliphatic heterocycles. The normalized spacial score (nSPS) is 38.8. The van der Waals surface area contributed by atoms with Crippen molar-refractivity contribution in [1.29, 1.82) is 0 Å². The van der Waals surface area contributed by atoms with Crippen molar-refractivity contribution in [1.82, 2.24) is 0 Å². The fraction of sp³-hybridized carbons (Fsp3) is 0.412. The lowest BCUT2D eigenvalue weighted by Gasteiger charge is -2.32. The standard InChI is InChI=1S/C17H15NO5/c19-14-12-11-6-7-17(23-11,16-21-8-9-22-16)13(12)15(20)18(14)10-4-2-1-3-5-10/h1-7,11-13,16H,8-9H2/t11-,12+,13-,17-/m1/s1. The maximum absolute atomic E-state index is 13.0. The van der Waals surface area contributed by atoms with Crippen molar-refractivity contribution in [3.05, 3.63) is 42.5 Å². The molecule has 6 nitrogen and oxygen atoms in total. The minimum absolute atomic E-state index is 0.208. The van der Waals surface area contributed by atoms with Crippen LogP contribution in [0.4, 0.5) is 5.69 Å². The molecule has 1 aromatic rings. The zero-order chi connectivity index (χ0) is 15.6. The molecule has 5 rings (SSSR count). The Labute approximate surface area is 132 Å². The molecule has 2 bridgehead atoms. The predicted octanol–water partition coefficient (Wildman–Crippen LogP) is 0.872. The molecule has 6 heteroatoms. The van der Waals surface area contributed by atoms with Crippen LogP contribution >= 0.6 is 0 Å². The summed E-state index contributed by atoms with van der Waals surface area (Å²) in [4.78, 5) is 27.2. The van der Waals surface area contributed by atoms with Gasteiger partial charge in [-0.3, -0.25) is 9.59 Å². The highest BCUT2D eigenvalue weighted by molar-refractivity contribution is 6.23. The van der Waals surface area contributed by atoms with Crippen molar-refractivity contribution < 1.29 is 23.8 Å². The lowest BCUT2D eigenvalue weighted by molar-refractivity contribution is -0.180. The number of amides is 2. The summed E-state index contributed by atoms with van der Waals surface area (Å²) in [5, 5.41) is 0. The second kappa shape index (κ2) is 4.50. The Morgan fingerprint density at radius 1 is 1.04 bits per heavy atom. The van der Waals surface area contributed by atoms with Crippen molar-refractivity contribution in [3.8, 4) is 0 Å². The van der Waals surface area contributed by atoms with Crippen LogP contribution in [0.1, 0.15) is 0 Å². The van der Waals surface area contributed by atoms with Gasteiger partial charge in [-0.25, -0.2) is 4.90 Å². The highest BCUT2D eigenvalue weighted by atomic mass is 16.7. The van der Waals surface area contributed by atoms with Gasteiger partial charge in [0, 0.05) is 0 Å². The molecule has 4 aliphatic rings. The maximum Gasteiger partial charge on any atom is 0.241 e. The third-order valence-corrected chi connectivity index (χ3v) is 5.08. The zero-order valence-corrected chi connectivity index (χ0v) is 12.3. The number of nitrogens with zero attached hydrogens (tertiary/aromatic N) is 1. The first kappa shape index (κ1) is 13.4. The van der Waals surface area contributed by atoms with Gasteiger partial charge in [-0.05, 0) is 18.2 Å². The molecule has 0 unspecified atom stereocenters. The van der Waals surface area contributed by atoms with Gasteiger partial charge in [0.2, 0.25) is 11.8 Å². The molecule has 0 N–H and O–H groups in total. The molecule has 2 amide bonds. The molecular formula is C17H15NO5. The van der Waals surface area contributed by atoms with Gasteiger partial charge in [-0.1, -0.05) is 24.3 Å². The third kappa shape index (κ3) is 1.58. The number of carbonyl (C=O) groups is 2. The number of ether oxygens (including phenoxy) is 3. The predicted molar refractivity (Wildman–Crippen MR) is 78.4 cm³/mol. The van der Waals surface area contributed by atoms with Crippen LogP contribution in [0.2, 0.25) is 0 Å². The van der Waals surface area contributed by atoms with Crippen LogP contribution in [-0.4, -0.2) is 43.0 Å². The molecule has 23 heavy (non-hydrogen) atoms. The van der Waals surface area contributed by atoms with Crippen molar-refractivity contribution in [2.45, 2.75) is 18.0 Å². The number of para-hydroxylation sites is 1. The maximum atomic E-state index is 13.0. The molecule has 118 valence electrons. The van der Waals surface area contributed by atoms with Crippen molar-refractivity contribution >= 4 is 17.5 Å². The fourth-order valence-electron chi connectivity index (χ4n) is 4.16. The highest BCUT2D eigenvalue weighted by Crippen LogP contribution is 2.55. The van der Waals surface area contributed by atoms with Crippen LogP contribution < -0.4 is 4.90 Å². The largest absolute Gasteiger partial charge is 0.357 e. The van der Waals surface area contributed by atoms with Gasteiger partial charge < -0.3 is 14.2 Å². The van der Waals surface area contributed by atoms with Gasteiger partial charge in [0.15, 0.2) is 11.9 Å². The van der Waals surface area contributed by atoms with Crippen LogP contribution in [-0.2, 0) is 23.8 Å². The smallest absolute Gasteiger partial charge is 0.241 e. The molecule has 3 saturated heterocycles. The fourth-order valence-corrected chi connectivity index (χ4v) is 4.16. The number of rotatable bonds is 2. The summed E-state index contributed by atoms with van der Waals surface area (Å²) in [6.45, 7) is 0.937. The monoisotopic (exact) mass is 313 g/mol. The quantitative estimate of drug-likeness (QED) is 0.599. The summed E-state index contributed by atoms with van der Waals surface area (Å²) in [6, 6.07) is 9.01. The van der Waals surface area contributed by atoms with E-state index in [1.54, 1.807) is 12.1 Å². The van der Waals surface area contributed by atoms with Gasteiger partial charge in [-0.15, -0.1) is 0 Å². The molecule has 0 spiro atoms. The summed E-state index contributed by atoms with van der Waals surface area (Å²) < 4.78 is 17.2. The van der Waals surface area contributed by atoms with E-state index in [1.807, 2.05) is 30.4 Å². The topological polar surface area (TPSA) is 65.1 Å². The van der Waals surface area contributed by atoms with E-state index >= 15 is 0 Å². The Hall–Kier alpha value is -2.02. The van der Waals surface area contributed by atoms with Crippen molar-refractivity contribution in [3.63, 3.8) is 0 Å². The number of hydrogen-bond acceptors (Lipinski definition) is 5. The van der Waals surface area contributed by atoms with E-state index in [1.165, 1.54) is 4.90 Å². The highest BCUT2D eigenvalue weighted by Gasteiger charge is 2.71. The number of anilines is 1. The second-order valence-electron chi connectivity index (χ2n) is 6.22. The van der Waals surface area contributed by atoms with E-state index in [4.69, 9.17) is 14.2 Å². The number of benzene rings is 1. The van der Waals surface area contributed by atoms with Crippen LogP contribution in [0, 0.1) is 11.8 Å². The lowest BCUT2D eigenvalue weighted by atomic mass is 9.76. The number of fused-ring (bicyclic) bond motifs is 5. The molecule has 1 aromatic carbocycles. The molecule has 0 radical (unpaired) electrons. The van der Waals surface area contributed by atoms with Gasteiger partial charge in [0.05, 0.1) is 36.8 Å². The van der Waals surface area contributed by atoms with E-state index in [2.05, 4.69) is 0 Å². The van der Waals surface area contributed by atoms with E-state index < -0.39 is 29.8 Å². The average molecular weight is 313 g/mol. The summed E-state index contributed by atoms with van der Waals surface area (Å²) >= 11 is 0. The first-order valence-corrected chi connectivity index (χ1v) is 7.76. The van der Waals surface area contributed by atoms with E-state index in [0.29, 0.717) is 18.9 Å². The van der Waals surface area contributed by atoms with Gasteiger partial charge >= 0.3 is 0 Å². The van der Waals surface area contributed by atoms with E-state index in [0.717, 1.165) is 0 Å². The summed E-state index contributed by atoms with van der Waals surface area (Å²) in [7, 11) is 0. The lowest BCUT2D eigenvalue weighted by Crippen LogP contribution is -2.49. The van der Waals surface area contributed by atoms with Gasteiger partial charge in [0.1, 0.15) is 0 Å². The van der Waals surface area contributed by atoms with Gasteiger partial charge in [0.25, 0.3) is 0 Å². The number of carbonyl (C=O) groups excluding carboxylic acids is 2. The molecule has 4 atom stereocenters. The minimum Gasteiger partial charge on any atom is -0.357 e. The van der Waals surface area contributed by atoms with Gasteiger partial charge in [-0.2, -0.15) is 0 Å². The Morgan fingerprint density at radius 2 is 1.78 bits per heavy atom. The average Bonchev–Trinajstić information content (AvgIpc) is 3.32. The Morgan fingerprint density at radius 3 is 2.52 bits per heavy atom. The first-order valence-electron chi connectivity index (χ1n) is 7.76. The van der Waals surface area contributed by atoms with Crippen molar-refractivity contribution in [2.75, 3.05) is 18.1 Å². The molecule has 0 aromatic heterocycles. The summed E-state index contributed by atoms with van der Waals surface area (Å²) in [6.07, 6.45) is 2.67. The number of hydrogen-bond donors (Lipinski definition) is 0. The zero-order valence-electron chi connectivity index (χ0n) is 12.3. The summed E-state index contributed by atoms with van der Waals surface area (Å²) in [5.41, 5.74) is -0.387. The Balaban J connectivity index is 1.58. The summed E-state index contributed by atoms with van der Waals surface area (Å²) in [5.74, 6) is -1.54. The van der Waals surface area contributed by atoms with E-state index in [-0.39, 0.29) is 11.8 Å². The third-order valence-electron chi connectivity index (χ3n) is 5.08. The SMILES string of the molecule is O=C1[C@H]2[C@H]3C=C[C@@](C4OCCO4)(O3)[C@H]2C(=O)N1c1ccccc1. The Bertz CT molecular complexity index is 711. The first-order chi connectivity index (χ1) is 11.2. The van der Waals surface area contributed by atoms with E-state index in [9.17, 15) is 9.59 Å². The van der Waals surface area contributed by atoms with Crippen LogP contribution in [0.25, 0.3) is 0 Å². The molecular weight excluding hydrogens is 298 g/mol. The molecule has 3 fully saturated rings. The minimum atomic E-state index is -0.984. The van der Waals surface area contributed by atoms with Crippen LogP contribution in [0.3, 0.4) is 0 Å². The molecule has 0 saturated carbocycles. The molecule has 0 aliphatic carbocycles. The Kier molecular flexibility index (Phi) is 2.63. The van der Waals surface area contributed by atoms with Crippen molar-refractivity contribution in [2.24, 2.45) is 11.8 Å². The van der Waals surface area contributed by atoms with Crippen LogP contribution in [0.15, 0.2) is 42.5 Å². The second-order valence-corrected chi connectivity index (χ2v) is 6.22. The van der Waals surface area contributed by atoms with Crippen LogP contribution in [0.5, 0.6) is 0 Å².